The van der Waals surface area contributed by atoms with Gasteiger partial charge < -0.3 is 14.6 Å². The van der Waals surface area contributed by atoms with Crippen molar-refractivity contribution in [2.24, 2.45) is 0 Å². The summed E-state index contributed by atoms with van der Waals surface area (Å²) < 4.78 is 12.5. The molecule has 1 N–H and O–H groups in total. The maximum absolute atomic E-state index is 13.7. The highest BCUT2D eigenvalue weighted by Crippen LogP contribution is 2.44. The third-order valence-electron chi connectivity index (χ3n) is 6.99. The molecule has 8 heteroatoms. The van der Waals surface area contributed by atoms with Gasteiger partial charge in [-0.25, -0.2) is 4.98 Å². The lowest BCUT2D eigenvalue weighted by molar-refractivity contribution is -0.117. The van der Waals surface area contributed by atoms with Crippen molar-refractivity contribution in [3.05, 3.63) is 137 Å². The van der Waals surface area contributed by atoms with E-state index in [1.165, 1.54) is 22.3 Å². The molecule has 1 amide bonds. The Morgan fingerprint density at radius 1 is 0.930 bits per heavy atom. The molecule has 4 aromatic carbocycles. The number of fused-ring (bicyclic) bond motifs is 1. The first-order valence-corrected chi connectivity index (χ1v) is 14.7. The van der Waals surface area contributed by atoms with Crippen molar-refractivity contribution in [2.75, 3.05) is 11.5 Å². The van der Waals surface area contributed by atoms with Crippen LogP contribution in [0.2, 0.25) is 0 Å². The highest BCUT2D eigenvalue weighted by molar-refractivity contribution is 7.22. The van der Waals surface area contributed by atoms with E-state index in [1.54, 1.807) is 12.1 Å². The number of nitrogens with zero attached hydrogens (tertiary/aromatic N) is 2. The summed E-state index contributed by atoms with van der Waals surface area (Å²) in [6.45, 7) is 2.78. The zero-order chi connectivity index (χ0) is 29.8. The molecule has 43 heavy (non-hydrogen) atoms. The Morgan fingerprint density at radius 3 is 2.44 bits per heavy atom. The number of anilines is 1. The third-order valence-corrected chi connectivity index (χ3v) is 8.01. The molecule has 1 atom stereocenters. The predicted octanol–water partition coefficient (Wildman–Crippen LogP) is 7.46. The minimum atomic E-state index is -0.923. The largest absolute Gasteiger partial charge is 0.503 e. The van der Waals surface area contributed by atoms with E-state index < -0.39 is 23.5 Å². The van der Waals surface area contributed by atoms with Crippen molar-refractivity contribution in [2.45, 2.75) is 19.6 Å². The quantitative estimate of drug-likeness (QED) is 0.170. The van der Waals surface area contributed by atoms with Crippen molar-refractivity contribution in [3.8, 4) is 11.5 Å². The lowest BCUT2D eigenvalue weighted by Crippen LogP contribution is -2.30. The maximum atomic E-state index is 13.7. The fourth-order valence-corrected chi connectivity index (χ4v) is 5.98. The molecule has 214 valence electrons. The fourth-order valence-electron chi connectivity index (χ4n) is 4.96. The van der Waals surface area contributed by atoms with E-state index >= 15 is 0 Å². The minimum Gasteiger partial charge on any atom is -0.503 e. The van der Waals surface area contributed by atoms with Crippen LogP contribution >= 0.6 is 11.3 Å². The van der Waals surface area contributed by atoms with Crippen molar-refractivity contribution >= 4 is 44.5 Å². The number of allylic oxidation sites excluding steroid dienone is 1. The standard InChI is InChI=1S/C35H28N2O5S/c1-2-41-27-17-18-28-30(21-27)43-35(36-28)37-32(25-14-9-15-26(20-25)42-22-24-12-7-4-8-13-24)31(33(39)34(37)40)29(38)19-16-23-10-5-3-6-11-23/h3-21,32,39H,2,22H2,1H3. The second kappa shape index (κ2) is 12.3. The first-order valence-electron chi connectivity index (χ1n) is 13.9. The number of rotatable bonds is 10. The summed E-state index contributed by atoms with van der Waals surface area (Å²) >= 11 is 1.29. The number of aliphatic hydroxyl groups excluding tert-OH is 1. The number of carbonyl (C=O) groups is 2. The first-order chi connectivity index (χ1) is 21.0. The summed E-state index contributed by atoms with van der Waals surface area (Å²) in [4.78, 5) is 33.4. The minimum absolute atomic E-state index is 0.0216. The molecule has 0 saturated heterocycles. The highest BCUT2D eigenvalue weighted by atomic mass is 32.1. The second-order valence-corrected chi connectivity index (χ2v) is 10.9. The van der Waals surface area contributed by atoms with Gasteiger partial charge in [-0.05, 0) is 60.0 Å². The van der Waals surface area contributed by atoms with Crippen LogP contribution in [0.4, 0.5) is 5.13 Å². The normalized spacial score (nSPS) is 15.0. The molecule has 7 nitrogen and oxygen atoms in total. The molecule has 5 aromatic rings. The molecule has 1 aliphatic rings. The molecular formula is C35H28N2O5S. The van der Waals surface area contributed by atoms with Crippen LogP contribution in [0.25, 0.3) is 16.3 Å². The molecule has 6 rings (SSSR count). The smallest absolute Gasteiger partial charge is 0.296 e. The van der Waals surface area contributed by atoms with Gasteiger partial charge in [-0.3, -0.25) is 14.5 Å². The van der Waals surface area contributed by atoms with Crippen LogP contribution in [0.15, 0.2) is 121 Å². The van der Waals surface area contributed by atoms with E-state index in [1.807, 2.05) is 104 Å². The zero-order valence-electron chi connectivity index (χ0n) is 23.3. The van der Waals surface area contributed by atoms with Gasteiger partial charge in [-0.2, -0.15) is 0 Å². The number of ketones is 1. The number of hydrogen-bond acceptors (Lipinski definition) is 7. The zero-order valence-corrected chi connectivity index (χ0v) is 24.2. The van der Waals surface area contributed by atoms with Crippen LogP contribution in [-0.4, -0.2) is 28.4 Å². The Morgan fingerprint density at radius 2 is 1.67 bits per heavy atom. The summed E-state index contributed by atoms with van der Waals surface area (Å²) in [5, 5.41) is 11.5. The van der Waals surface area contributed by atoms with E-state index in [4.69, 9.17) is 14.5 Å². The Bertz CT molecular complexity index is 1850. The molecular weight excluding hydrogens is 560 g/mol. The Balaban J connectivity index is 1.39. The Hall–Kier alpha value is -5.21. The van der Waals surface area contributed by atoms with Gasteiger partial charge in [-0.15, -0.1) is 0 Å². The van der Waals surface area contributed by atoms with Crippen molar-refractivity contribution in [1.29, 1.82) is 0 Å². The van der Waals surface area contributed by atoms with Crippen molar-refractivity contribution in [1.82, 2.24) is 4.98 Å². The number of thiazole rings is 1. The monoisotopic (exact) mass is 588 g/mol. The molecule has 0 spiro atoms. The summed E-state index contributed by atoms with van der Waals surface area (Å²) in [7, 11) is 0. The predicted molar refractivity (Wildman–Crippen MR) is 168 cm³/mol. The van der Waals surface area contributed by atoms with Crippen LogP contribution in [0, 0.1) is 0 Å². The Labute approximate surface area is 253 Å². The van der Waals surface area contributed by atoms with E-state index in [9.17, 15) is 14.7 Å². The number of ether oxygens (including phenoxy) is 2. The van der Waals surface area contributed by atoms with E-state index in [0.29, 0.717) is 40.9 Å². The Kier molecular flexibility index (Phi) is 8.02. The van der Waals surface area contributed by atoms with Gasteiger partial charge in [0.15, 0.2) is 16.7 Å². The van der Waals surface area contributed by atoms with Crippen LogP contribution in [0.3, 0.4) is 0 Å². The summed E-state index contributed by atoms with van der Waals surface area (Å²) in [5.74, 6) is -0.505. The van der Waals surface area contributed by atoms with Crippen molar-refractivity contribution in [3.63, 3.8) is 0 Å². The van der Waals surface area contributed by atoms with Gasteiger partial charge in [0.25, 0.3) is 5.91 Å². The number of aromatic nitrogens is 1. The second-order valence-electron chi connectivity index (χ2n) is 9.85. The average Bonchev–Trinajstić information content (AvgIpc) is 3.57. The fraction of sp³-hybridized carbons (Fsp3) is 0.114. The van der Waals surface area contributed by atoms with Gasteiger partial charge in [0, 0.05) is 0 Å². The lowest BCUT2D eigenvalue weighted by Gasteiger charge is -2.24. The number of aliphatic hydroxyl groups is 1. The van der Waals surface area contributed by atoms with E-state index in [0.717, 1.165) is 15.8 Å². The average molecular weight is 589 g/mol. The van der Waals surface area contributed by atoms with Crippen molar-refractivity contribution < 1.29 is 24.2 Å². The molecule has 0 fully saturated rings. The third kappa shape index (κ3) is 5.91. The van der Waals surface area contributed by atoms with Crippen LogP contribution < -0.4 is 14.4 Å². The van der Waals surface area contributed by atoms with E-state index in [-0.39, 0.29) is 5.57 Å². The summed E-state index contributed by atoms with van der Waals surface area (Å²) in [5.41, 5.74) is 3.09. The highest BCUT2D eigenvalue weighted by Gasteiger charge is 2.45. The van der Waals surface area contributed by atoms with Crippen LogP contribution in [-0.2, 0) is 16.2 Å². The van der Waals surface area contributed by atoms with Gasteiger partial charge in [0.1, 0.15) is 18.1 Å². The maximum Gasteiger partial charge on any atom is 0.296 e. The molecule has 0 bridgehead atoms. The van der Waals surface area contributed by atoms with Gasteiger partial charge >= 0.3 is 0 Å². The first kappa shape index (κ1) is 27.9. The van der Waals surface area contributed by atoms with Crippen LogP contribution in [0.5, 0.6) is 11.5 Å². The SMILES string of the molecule is CCOc1ccc2nc(N3C(=O)C(O)=C(C(=O)C=Cc4ccccc4)C3c3cccc(OCc4ccccc4)c3)sc2c1. The molecule has 1 aliphatic heterocycles. The lowest BCUT2D eigenvalue weighted by atomic mass is 9.95. The van der Waals surface area contributed by atoms with Gasteiger partial charge in [-0.1, -0.05) is 90.2 Å². The molecule has 2 heterocycles. The number of amides is 1. The molecule has 1 aromatic heterocycles. The molecule has 0 aliphatic carbocycles. The summed E-state index contributed by atoms with van der Waals surface area (Å²) in [6.07, 6.45) is 3.05. The number of benzene rings is 4. The van der Waals surface area contributed by atoms with E-state index in [2.05, 4.69) is 0 Å². The molecule has 0 radical (unpaired) electrons. The number of carbonyl (C=O) groups excluding carboxylic acids is 2. The molecule has 1 unspecified atom stereocenters. The van der Waals surface area contributed by atoms with Crippen LogP contribution in [0.1, 0.15) is 29.7 Å². The van der Waals surface area contributed by atoms with Gasteiger partial charge in [0.2, 0.25) is 0 Å². The number of hydrogen-bond donors (Lipinski definition) is 1. The molecule has 0 saturated carbocycles. The summed E-state index contributed by atoms with van der Waals surface area (Å²) in [6, 6.07) is 31.0. The topological polar surface area (TPSA) is 89.0 Å². The van der Waals surface area contributed by atoms with Gasteiger partial charge in [0.05, 0.1) is 28.4 Å².